The van der Waals surface area contributed by atoms with Crippen LogP contribution in [0.1, 0.15) is 39.9 Å². The number of ether oxygens (including phenoxy) is 1. The number of aromatic nitrogens is 2. The molecule has 0 aliphatic carbocycles. The average Bonchev–Trinajstić information content (AvgIpc) is 2.45. The number of aryl methyl sites for hydroxylation is 1. The summed E-state index contributed by atoms with van der Waals surface area (Å²) >= 11 is 0. The molecule has 0 saturated heterocycles. The highest BCUT2D eigenvalue weighted by atomic mass is 16.5. The van der Waals surface area contributed by atoms with E-state index < -0.39 is 0 Å². The van der Waals surface area contributed by atoms with Gasteiger partial charge in [0, 0.05) is 12.6 Å². The van der Waals surface area contributed by atoms with Crippen molar-refractivity contribution in [2.45, 2.75) is 41.0 Å². The predicted octanol–water partition coefficient (Wildman–Crippen LogP) is 2.96. The molecule has 0 fully saturated rings. The van der Waals surface area contributed by atoms with Gasteiger partial charge in [-0.2, -0.15) is 4.98 Å². The van der Waals surface area contributed by atoms with Crippen molar-refractivity contribution in [1.82, 2.24) is 14.9 Å². The molecule has 1 rings (SSSR count). The van der Waals surface area contributed by atoms with Crippen LogP contribution in [0.25, 0.3) is 0 Å². The van der Waals surface area contributed by atoms with E-state index in [0.717, 1.165) is 44.2 Å². The standard InChI is InChI=1S/C16H30N4O/c1-6-20(7-2)10-8-9-17-15-11-16(19-14(5)18-15)21-12-13(3)4/h11,13H,6-10,12H2,1-5H3,(H,17,18,19). The zero-order valence-corrected chi connectivity index (χ0v) is 14.1. The maximum atomic E-state index is 5.67. The Balaban J connectivity index is 2.43. The summed E-state index contributed by atoms with van der Waals surface area (Å²) in [5.74, 6) is 2.73. The van der Waals surface area contributed by atoms with Crippen molar-refractivity contribution in [2.75, 3.05) is 38.1 Å². The first-order chi connectivity index (χ1) is 10.0. The van der Waals surface area contributed by atoms with Crippen molar-refractivity contribution in [3.05, 3.63) is 11.9 Å². The molecule has 0 bridgehead atoms. The molecular weight excluding hydrogens is 264 g/mol. The van der Waals surface area contributed by atoms with Gasteiger partial charge in [-0.1, -0.05) is 27.7 Å². The molecule has 1 N–H and O–H groups in total. The topological polar surface area (TPSA) is 50.3 Å². The Morgan fingerprint density at radius 2 is 1.95 bits per heavy atom. The van der Waals surface area contributed by atoms with Gasteiger partial charge in [-0.05, 0) is 38.9 Å². The number of anilines is 1. The molecule has 0 amide bonds. The van der Waals surface area contributed by atoms with E-state index in [1.54, 1.807) is 0 Å². The molecule has 0 atom stereocenters. The summed E-state index contributed by atoms with van der Waals surface area (Å²) < 4.78 is 5.67. The number of hydrogen-bond donors (Lipinski definition) is 1. The third-order valence-corrected chi connectivity index (χ3v) is 3.23. The van der Waals surface area contributed by atoms with Crippen LogP contribution in [0.3, 0.4) is 0 Å². The Morgan fingerprint density at radius 3 is 2.57 bits per heavy atom. The Hall–Kier alpha value is -1.36. The minimum absolute atomic E-state index is 0.491. The highest BCUT2D eigenvalue weighted by Crippen LogP contribution is 2.14. The summed E-state index contributed by atoms with van der Waals surface area (Å²) in [6.45, 7) is 15.5. The van der Waals surface area contributed by atoms with Gasteiger partial charge >= 0.3 is 0 Å². The van der Waals surface area contributed by atoms with E-state index in [4.69, 9.17) is 4.74 Å². The van der Waals surface area contributed by atoms with Gasteiger partial charge in [0.05, 0.1) is 6.61 Å². The highest BCUT2D eigenvalue weighted by Gasteiger charge is 2.04. The first-order valence-corrected chi connectivity index (χ1v) is 7.99. The second-order valence-electron chi connectivity index (χ2n) is 5.65. The maximum absolute atomic E-state index is 5.67. The maximum Gasteiger partial charge on any atom is 0.218 e. The van der Waals surface area contributed by atoms with E-state index in [-0.39, 0.29) is 0 Å². The Morgan fingerprint density at radius 1 is 1.24 bits per heavy atom. The molecule has 120 valence electrons. The lowest BCUT2D eigenvalue weighted by atomic mass is 10.2. The SMILES string of the molecule is CCN(CC)CCCNc1cc(OCC(C)C)nc(C)n1. The molecule has 5 heteroatoms. The molecule has 5 nitrogen and oxygen atoms in total. The zero-order valence-electron chi connectivity index (χ0n) is 14.1. The van der Waals surface area contributed by atoms with E-state index in [1.165, 1.54) is 0 Å². The van der Waals surface area contributed by atoms with Gasteiger partial charge in [0.1, 0.15) is 11.6 Å². The van der Waals surface area contributed by atoms with Crippen molar-refractivity contribution in [2.24, 2.45) is 5.92 Å². The Kier molecular flexibility index (Phi) is 8.05. The Bertz CT molecular complexity index is 405. The van der Waals surface area contributed by atoms with Gasteiger partial charge in [-0.25, -0.2) is 4.98 Å². The molecule has 1 aromatic heterocycles. The minimum Gasteiger partial charge on any atom is -0.477 e. The lowest BCUT2D eigenvalue weighted by Gasteiger charge is -2.18. The minimum atomic E-state index is 0.491. The zero-order chi connectivity index (χ0) is 15.7. The van der Waals surface area contributed by atoms with Crippen LogP contribution in [0.5, 0.6) is 5.88 Å². The van der Waals surface area contributed by atoms with E-state index >= 15 is 0 Å². The van der Waals surface area contributed by atoms with Crippen LogP contribution in [-0.2, 0) is 0 Å². The number of nitrogens with zero attached hydrogens (tertiary/aromatic N) is 3. The summed E-state index contributed by atoms with van der Waals surface area (Å²) in [5.41, 5.74) is 0. The second kappa shape index (κ2) is 9.55. The van der Waals surface area contributed by atoms with Crippen molar-refractivity contribution >= 4 is 5.82 Å². The van der Waals surface area contributed by atoms with Crippen molar-refractivity contribution in [1.29, 1.82) is 0 Å². The van der Waals surface area contributed by atoms with Crippen molar-refractivity contribution in [3.63, 3.8) is 0 Å². The van der Waals surface area contributed by atoms with Crippen LogP contribution in [0, 0.1) is 12.8 Å². The molecule has 1 aromatic rings. The van der Waals surface area contributed by atoms with Gasteiger partial charge < -0.3 is 15.0 Å². The van der Waals surface area contributed by atoms with E-state index in [2.05, 4.69) is 47.9 Å². The van der Waals surface area contributed by atoms with Gasteiger partial charge in [-0.3, -0.25) is 0 Å². The van der Waals surface area contributed by atoms with E-state index in [1.807, 2.05) is 13.0 Å². The smallest absolute Gasteiger partial charge is 0.218 e. The van der Waals surface area contributed by atoms with Crippen LogP contribution in [-0.4, -0.2) is 47.7 Å². The molecule has 0 spiro atoms. The molecule has 0 aliphatic rings. The summed E-state index contributed by atoms with van der Waals surface area (Å²) in [6, 6.07) is 1.88. The fourth-order valence-electron chi connectivity index (χ4n) is 2.02. The van der Waals surface area contributed by atoms with Crippen molar-refractivity contribution < 1.29 is 4.74 Å². The normalized spacial score (nSPS) is 11.2. The molecule has 0 aliphatic heterocycles. The highest BCUT2D eigenvalue weighted by molar-refractivity contribution is 5.38. The van der Waals surface area contributed by atoms with Crippen molar-refractivity contribution in [3.8, 4) is 5.88 Å². The molecule has 0 aromatic carbocycles. The fourth-order valence-corrected chi connectivity index (χ4v) is 2.02. The summed E-state index contributed by atoms with van der Waals surface area (Å²) in [4.78, 5) is 11.1. The van der Waals surface area contributed by atoms with E-state index in [0.29, 0.717) is 18.4 Å². The molecule has 0 radical (unpaired) electrons. The molecule has 1 heterocycles. The molecular formula is C16H30N4O. The van der Waals surface area contributed by atoms with Crippen LogP contribution in [0.2, 0.25) is 0 Å². The second-order valence-corrected chi connectivity index (χ2v) is 5.65. The van der Waals surface area contributed by atoms with Gasteiger partial charge in [0.2, 0.25) is 5.88 Å². The lowest BCUT2D eigenvalue weighted by Crippen LogP contribution is -2.25. The first-order valence-electron chi connectivity index (χ1n) is 7.99. The third kappa shape index (κ3) is 7.27. The van der Waals surface area contributed by atoms with Gasteiger partial charge in [0.25, 0.3) is 0 Å². The van der Waals surface area contributed by atoms with E-state index in [9.17, 15) is 0 Å². The van der Waals surface area contributed by atoms with Gasteiger partial charge in [0.15, 0.2) is 0 Å². The quantitative estimate of drug-likeness (QED) is 0.672. The largest absolute Gasteiger partial charge is 0.477 e. The average molecular weight is 294 g/mol. The molecule has 0 saturated carbocycles. The Labute approximate surface area is 129 Å². The molecule has 21 heavy (non-hydrogen) atoms. The molecule has 0 unspecified atom stereocenters. The number of rotatable bonds is 10. The summed E-state index contributed by atoms with van der Waals surface area (Å²) in [7, 11) is 0. The lowest BCUT2D eigenvalue weighted by molar-refractivity contribution is 0.260. The number of nitrogens with one attached hydrogen (secondary N) is 1. The van der Waals surface area contributed by atoms with Crippen LogP contribution >= 0.6 is 0 Å². The van der Waals surface area contributed by atoms with Gasteiger partial charge in [-0.15, -0.1) is 0 Å². The van der Waals surface area contributed by atoms with Crippen LogP contribution < -0.4 is 10.1 Å². The number of hydrogen-bond acceptors (Lipinski definition) is 5. The fraction of sp³-hybridized carbons (Fsp3) is 0.750. The predicted molar refractivity (Wildman–Crippen MR) is 88.0 cm³/mol. The monoisotopic (exact) mass is 294 g/mol. The summed E-state index contributed by atoms with van der Waals surface area (Å²) in [5, 5.41) is 3.36. The summed E-state index contributed by atoms with van der Waals surface area (Å²) in [6.07, 6.45) is 1.10. The third-order valence-electron chi connectivity index (χ3n) is 3.23. The van der Waals surface area contributed by atoms with Crippen LogP contribution in [0.4, 0.5) is 5.82 Å². The first kappa shape index (κ1) is 17.7. The van der Waals surface area contributed by atoms with Crippen LogP contribution in [0.15, 0.2) is 6.07 Å².